The number of benzene rings is 1. The van der Waals surface area contributed by atoms with E-state index < -0.39 is 0 Å². The Morgan fingerprint density at radius 1 is 1.26 bits per heavy atom. The number of aryl methyl sites for hydroxylation is 2. The van der Waals surface area contributed by atoms with Gasteiger partial charge in [0.15, 0.2) is 0 Å². The largest absolute Gasteiger partial charge is 0.377 e. The zero-order chi connectivity index (χ0) is 19.0. The highest BCUT2D eigenvalue weighted by Gasteiger charge is 2.32. The number of amides is 1. The minimum Gasteiger partial charge on any atom is -0.377 e. The summed E-state index contributed by atoms with van der Waals surface area (Å²) in [4.78, 5) is 24.8. The molecule has 0 spiro atoms. The van der Waals surface area contributed by atoms with Crippen LogP contribution in [0, 0.1) is 6.92 Å². The Morgan fingerprint density at radius 3 is 2.93 bits per heavy atom. The van der Waals surface area contributed by atoms with Gasteiger partial charge in [-0.25, -0.2) is 4.68 Å². The van der Waals surface area contributed by atoms with Crippen molar-refractivity contribution >= 4 is 16.8 Å². The molecule has 2 aromatic heterocycles. The number of carbonyl (C=O) groups is 1. The van der Waals surface area contributed by atoms with E-state index in [-0.39, 0.29) is 30.0 Å². The third-order valence-electron chi connectivity index (χ3n) is 5.00. The van der Waals surface area contributed by atoms with Gasteiger partial charge in [0, 0.05) is 30.2 Å². The van der Waals surface area contributed by atoms with Gasteiger partial charge in [0.2, 0.25) is 5.91 Å². The Labute approximate surface area is 156 Å². The quantitative estimate of drug-likeness (QED) is 0.756. The lowest BCUT2D eigenvalue weighted by Gasteiger charge is -2.20. The minimum atomic E-state index is -0.297. The molecule has 0 saturated carbocycles. The van der Waals surface area contributed by atoms with Gasteiger partial charge >= 0.3 is 0 Å². The fourth-order valence-electron chi connectivity index (χ4n) is 3.68. The first-order valence-electron chi connectivity index (χ1n) is 8.99. The van der Waals surface area contributed by atoms with E-state index in [9.17, 15) is 9.59 Å². The Bertz CT molecular complexity index is 1050. The topological polar surface area (TPSA) is 78.1 Å². The van der Waals surface area contributed by atoms with Crippen molar-refractivity contribution in [3.63, 3.8) is 0 Å². The van der Waals surface area contributed by atoms with Gasteiger partial charge in [-0.3, -0.25) is 9.59 Å². The lowest BCUT2D eigenvalue weighted by atomic mass is 10.1. The molecule has 2 atom stereocenters. The first kappa shape index (κ1) is 17.5. The summed E-state index contributed by atoms with van der Waals surface area (Å²) in [6.07, 6.45) is 2.26. The summed E-state index contributed by atoms with van der Waals surface area (Å²) < 4.78 is 8.97. The molecule has 27 heavy (non-hydrogen) atoms. The van der Waals surface area contributed by atoms with E-state index in [0.29, 0.717) is 13.2 Å². The summed E-state index contributed by atoms with van der Waals surface area (Å²) in [5, 5.41) is 8.41. The van der Waals surface area contributed by atoms with Gasteiger partial charge < -0.3 is 14.6 Å². The predicted octanol–water partition coefficient (Wildman–Crippen LogP) is 1.34. The van der Waals surface area contributed by atoms with Crippen LogP contribution < -0.4 is 10.9 Å². The molecule has 1 aliphatic heterocycles. The van der Waals surface area contributed by atoms with E-state index in [1.54, 1.807) is 6.07 Å². The van der Waals surface area contributed by atoms with E-state index in [2.05, 4.69) is 10.4 Å². The van der Waals surface area contributed by atoms with Crippen molar-refractivity contribution in [3.8, 4) is 0 Å². The Balaban J connectivity index is 1.52. The van der Waals surface area contributed by atoms with Crippen LogP contribution in [0.3, 0.4) is 0 Å². The molecule has 1 aliphatic rings. The van der Waals surface area contributed by atoms with Crippen molar-refractivity contribution in [3.05, 3.63) is 64.2 Å². The highest BCUT2D eigenvalue weighted by molar-refractivity contribution is 5.89. The maximum absolute atomic E-state index is 12.7. The number of carbonyl (C=O) groups excluding carboxylic acids is 1. The van der Waals surface area contributed by atoms with Gasteiger partial charge in [-0.2, -0.15) is 5.10 Å². The average Bonchev–Trinajstić information content (AvgIpc) is 3.22. The van der Waals surface area contributed by atoms with Gasteiger partial charge in [0.1, 0.15) is 6.04 Å². The molecule has 3 heterocycles. The lowest BCUT2D eigenvalue weighted by molar-refractivity contribution is -0.121. The second-order valence-electron chi connectivity index (χ2n) is 7.00. The molecule has 1 N–H and O–H groups in total. The molecular weight excluding hydrogens is 344 g/mol. The zero-order valence-corrected chi connectivity index (χ0v) is 15.4. The maximum atomic E-state index is 12.7. The lowest BCUT2D eigenvalue weighted by Crippen LogP contribution is -2.44. The second-order valence-corrected chi connectivity index (χ2v) is 7.00. The molecule has 1 fully saturated rings. The number of rotatable bonds is 4. The van der Waals surface area contributed by atoms with Crippen LogP contribution in [-0.4, -0.2) is 39.5 Å². The van der Waals surface area contributed by atoms with Crippen LogP contribution in [0.15, 0.2) is 47.4 Å². The fraction of sp³-hybridized carbons (Fsp3) is 0.350. The number of aromatic nitrogens is 3. The summed E-state index contributed by atoms with van der Waals surface area (Å²) in [6, 6.07) is 10.6. The molecule has 7 heteroatoms. The van der Waals surface area contributed by atoms with E-state index in [1.807, 2.05) is 49.0 Å². The highest BCUT2D eigenvalue weighted by atomic mass is 16.5. The Morgan fingerprint density at radius 2 is 2.07 bits per heavy atom. The minimum absolute atomic E-state index is 0.0902. The first-order valence-corrected chi connectivity index (χ1v) is 8.99. The van der Waals surface area contributed by atoms with Crippen LogP contribution in [0.1, 0.15) is 17.3 Å². The van der Waals surface area contributed by atoms with Crippen LogP contribution in [0.5, 0.6) is 0 Å². The smallest absolute Gasteiger partial charge is 0.267 e. The van der Waals surface area contributed by atoms with Gasteiger partial charge in [-0.15, -0.1) is 0 Å². The first-order chi connectivity index (χ1) is 13.0. The van der Waals surface area contributed by atoms with Crippen molar-refractivity contribution in [1.82, 2.24) is 19.7 Å². The molecule has 0 bridgehead atoms. The van der Waals surface area contributed by atoms with Gasteiger partial charge in [-0.05, 0) is 24.6 Å². The van der Waals surface area contributed by atoms with Crippen molar-refractivity contribution < 1.29 is 9.53 Å². The van der Waals surface area contributed by atoms with Crippen molar-refractivity contribution in [2.75, 3.05) is 13.2 Å². The van der Waals surface area contributed by atoms with Gasteiger partial charge in [-0.1, -0.05) is 18.2 Å². The molecular formula is C20H22N4O3. The molecule has 140 valence electrons. The van der Waals surface area contributed by atoms with E-state index in [1.165, 1.54) is 10.7 Å². The normalized spacial score (nSPS) is 19.5. The number of nitrogens with one attached hydrogen (secondary N) is 1. The Hall–Kier alpha value is -2.93. The zero-order valence-electron chi connectivity index (χ0n) is 15.4. The standard InChI is InChI=1S/C20H22N4O3/c1-13-7-8-20(26)24(22-13)18-12-27-11-16(18)21-19(25)9-14-10-23(2)17-6-4-3-5-15(14)17/h3-8,10,16,18H,9,11-12H2,1-2H3,(H,21,25). The van der Waals surface area contributed by atoms with Crippen molar-refractivity contribution in [1.29, 1.82) is 0 Å². The van der Waals surface area contributed by atoms with Crippen molar-refractivity contribution in [2.24, 2.45) is 7.05 Å². The van der Waals surface area contributed by atoms with Crippen LogP contribution in [0.4, 0.5) is 0 Å². The SMILES string of the molecule is Cc1ccc(=O)n(C2COCC2NC(=O)Cc2cn(C)c3ccccc23)n1. The summed E-state index contributed by atoms with van der Waals surface area (Å²) in [5.41, 5.74) is 2.64. The predicted molar refractivity (Wildman–Crippen MR) is 102 cm³/mol. The molecule has 1 saturated heterocycles. The maximum Gasteiger partial charge on any atom is 0.267 e. The van der Waals surface area contributed by atoms with Crippen LogP contribution in [0.25, 0.3) is 10.9 Å². The number of para-hydroxylation sites is 1. The summed E-state index contributed by atoms with van der Waals surface area (Å²) in [6.45, 7) is 2.56. The van der Waals surface area contributed by atoms with Crippen molar-refractivity contribution in [2.45, 2.75) is 25.4 Å². The number of fused-ring (bicyclic) bond motifs is 1. The summed E-state index contributed by atoms with van der Waals surface area (Å²) in [7, 11) is 1.97. The second kappa shape index (κ2) is 7.00. The number of hydrogen-bond acceptors (Lipinski definition) is 4. The number of ether oxygens (including phenoxy) is 1. The molecule has 1 amide bonds. The molecule has 1 aromatic carbocycles. The van der Waals surface area contributed by atoms with Gasteiger partial charge in [0.05, 0.1) is 31.4 Å². The van der Waals surface area contributed by atoms with Crippen LogP contribution in [-0.2, 0) is 23.0 Å². The number of hydrogen-bond donors (Lipinski definition) is 1. The molecule has 0 radical (unpaired) electrons. The molecule has 0 aliphatic carbocycles. The third-order valence-corrected chi connectivity index (χ3v) is 5.00. The Kier molecular flexibility index (Phi) is 4.53. The molecule has 2 unspecified atom stereocenters. The highest BCUT2D eigenvalue weighted by Crippen LogP contribution is 2.22. The third kappa shape index (κ3) is 3.38. The van der Waals surface area contributed by atoms with E-state index >= 15 is 0 Å². The van der Waals surface area contributed by atoms with E-state index in [4.69, 9.17) is 4.74 Å². The summed E-state index contributed by atoms with van der Waals surface area (Å²) in [5.74, 6) is -0.0902. The average molecular weight is 366 g/mol. The van der Waals surface area contributed by atoms with Crippen LogP contribution in [0.2, 0.25) is 0 Å². The fourth-order valence-corrected chi connectivity index (χ4v) is 3.68. The molecule has 3 aromatic rings. The molecule has 7 nitrogen and oxygen atoms in total. The van der Waals surface area contributed by atoms with Gasteiger partial charge in [0.25, 0.3) is 5.56 Å². The van der Waals surface area contributed by atoms with E-state index in [0.717, 1.165) is 22.2 Å². The van der Waals surface area contributed by atoms with Crippen LogP contribution >= 0.6 is 0 Å². The number of nitrogens with zero attached hydrogens (tertiary/aromatic N) is 3. The summed E-state index contributed by atoms with van der Waals surface area (Å²) >= 11 is 0. The monoisotopic (exact) mass is 366 g/mol. The molecule has 4 rings (SSSR count).